The number of benzene rings is 1. The molecule has 2 fully saturated rings. The number of aliphatic carboxylic acids is 1. The van der Waals surface area contributed by atoms with Crippen LogP contribution in [0.2, 0.25) is 0 Å². The Balaban J connectivity index is 1.22. The van der Waals surface area contributed by atoms with Gasteiger partial charge in [0.1, 0.15) is 35.6 Å². The molecule has 1 saturated carbocycles. The maximum atomic E-state index is 14.6. The van der Waals surface area contributed by atoms with E-state index in [-0.39, 0.29) is 37.3 Å². The highest BCUT2D eigenvalue weighted by Crippen LogP contribution is 2.45. The highest BCUT2D eigenvalue weighted by atomic mass is 16.6. The number of rotatable bonds is 8. The molecule has 56 heavy (non-hydrogen) atoms. The van der Waals surface area contributed by atoms with E-state index in [4.69, 9.17) is 4.74 Å². The molecule has 6 rings (SSSR count). The van der Waals surface area contributed by atoms with Crippen LogP contribution in [-0.2, 0) is 36.9 Å². The molecule has 0 spiro atoms. The molecule has 2 aromatic rings. The van der Waals surface area contributed by atoms with Crippen LogP contribution in [0, 0.1) is 11.8 Å². The van der Waals surface area contributed by atoms with Gasteiger partial charge in [0.15, 0.2) is 0 Å². The van der Waals surface area contributed by atoms with Crippen LogP contribution >= 0.6 is 0 Å². The van der Waals surface area contributed by atoms with E-state index in [1.54, 1.807) is 35.8 Å². The Hall–Kier alpha value is -5.47. The van der Waals surface area contributed by atoms with E-state index in [9.17, 15) is 33.9 Å². The van der Waals surface area contributed by atoms with Gasteiger partial charge in [0, 0.05) is 45.7 Å². The van der Waals surface area contributed by atoms with E-state index < -0.39 is 71.4 Å². The second kappa shape index (κ2) is 17.1. The quantitative estimate of drug-likeness (QED) is 0.291. The average Bonchev–Trinajstić information content (AvgIpc) is 3.72. The van der Waals surface area contributed by atoms with Crippen LogP contribution < -0.4 is 20.9 Å². The zero-order valence-corrected chi connectivity index (χ0v) is 32.5. The SMILES string of the molecule is CC(C)[C@@H](NC(=O)c1ccc(N(C)C)nc1)C(=O)N[C@H]1CCCCCC=C[C@@H]2C[C@@]2(C(=O)O)NC(=O)[C@@H]2C[C@@H](OC(=O)N3CCc4ccccc4C3)CN2C1=O. The fourth-order valence-corrected chi connectivity index (χ4v) is 7.82. The maximum absolute atomic E-state index is 14.6. The van der Waals surface area contributed by atoms with Gasteiger partial charge in [0.25, 0.3) is 5.91 Å². The number of hydrogen-bond acceptors (Lipinski definition) is 9. The molecule has 6 atom stereocenters. The lowest BCUT2D eigenvalue weighted by molar-refractivity contribution is -0.146. The van der Waals surface area contributed by atoms with Crippen molar-refractivity contribution in [2.24, 2.45) is 11.8 Å². The zero-order valence-electron chi connectivity index (χ0n) is 32.5. The molecule has 1 aromatic carbocycles. The Morgan fingerprint density at radius 2 is 1.82 bits per heavy atom. The second-order valence-corrected chi connectivity index (χ2v) is 15.9. The minimum atomic E-state index is -1.50. The first kappa shape index (κ1) is 40.2. The fourth-order valence-electron chi connectivity index (χ4n) is 7.82. The number of fused-ring (bicyclic) bond motifs is 3. The van der Waals surface area contributed by atoms with E-state index in [0.717, 1.165) is 24.0 Å². The minimum absolute atomic E-state index is 0.0457. The predicted octanol–water partition coefficient (Wildman–Crippen LogP) is 3.03. The number of carboxylic acid groups (broad SMARTS) is 1. The Morgan fingerprint density at radius 1 is 1.05 bits per heavy atom. The molecule has 0 radical (unpaired) electrons. The van der Waals surface area contributed by atoms with Crippen molar-refractivity contribution >= 4 is 41.5 Å². The lowest BCUT2D eigenvalue weighted by Crippen LogP contribution is -2.58. The topological polar surface area (TPSA) is 191 Å². The maximum Gasteiger partial charge on any atom is 0.410 e. The molecular formula is C41H53N7O8. The third-order valence-corrected chi connectivity index (χ3v) is 11.3. The van der Waals surface area contributed by atoms with Gasteiger partial charge in [-0.15, -0.1) is 0 Å². The van der Waals surface area contributed by atoms with Gasteiger partial charge in [-0.3, -0.25) is 19.2 Å². The van der Waals surface area contributed by atoms with Gasteiger partial charge >= 0.3 is 12.1 Å². The zero-order chi connectivity index (χ0) is 40.1. The molecule has 3 aliphatic heterocycles. The Bertz CT molecular complexity index is 1850. The van der Waals surface area contributed by atoms with Crippen LogP contribution in [0.15, 0.2) is 54.7 Å². The monoisotopic (exact) mass is 771 g/mol. The summed E-state index contributed by atoms with van der Waals surface area (Å²) in [5, 5.41) is 18.6. The molecular weight excluding hydrogens is 718 g/mol. The number of pyridine rings is 1. The lowest BCUT2D eigenvalue weighted by Gasteiger charge is -2.31. The van der Waals surface area contributed by atoms with Gasteiger partial charge < -0.3 is 40.5 Å². The summed E-state index contributed by atoms with van der Waals surface area (Å²) in [6, 6.07) is 7.95. The summed E-state index contributed by atoms with van der Waals surface area (Å²) in [6.07, 6.45) is 7.66. The first-order valence-electron chi connectivity index (χ1n) is 19.6. The molecule has 15 nitrogen and oxygen atoms in total. The Morgan fingerprint density at radius 3 is 2.52 bits per heavy atom. The van der Waals surface area contributed by atoms with Crippen molar-refractivity contribution in [1.29, 1.82) is 0 Å². The van der Waals surface area contributed by atoms with Gasteiger partial charge in [0.05, 0.1) is 12.1 Å². The number of anilines is 1. The van der Waals surface area contributed by atoms with Gasteiger partial charge in [-0.05, 0) is 61.3 Å². The van der Waals surface area contributed by atoms with E-state index in [2.05, 4.69) is 20.9 Å². The van der Waals surface area contributed by atoms with Crippen molar-refractivity contribution in [3.8, 4) is 0 Å². The average molecular weight is 772 g/mol. The van der Waals surface area contributed by atoms with Gasteiger partial charge in [-0.25, -0.2) is 14.6 Å². The smallest absolute Gasteiger partial charge is 0.410 e. The van der Waals surface area contributed by atoms with Crippen molar-refractivity contribution in [1.82, 2.24) is 30.7 Å². The molecule has 5 amide bonds. The standard InChI is InChI=1S/C41H53N7O8/c1-25(2)34(44-35(49)27-16-17-33(42-22-27)46(3)4)37(51)43-31-15-9-7-5-6-8-14-29-21-41(29,39(53)54)45-36(50)32-20-30(24-48(32)38(31)52)56-40(55)47-19-18-26-12-10-11-13-28(26)23-47/h8,10-14,16-17,22,25,29-32,34H,5-7,9,15,18-21,23-24H2,1-4H3,(H,43,51)(H,44,49)(H,45,50)(H,53,54)/t29-,30-,31+,32+,34-,41-/m1/s1. The fraction of sp³-hybridized carbons (Fsp3) is 0.537. The first-order valence-corrected chi connectivity index (χ1v) is 19.6. The minimum Gasteiger partial charge on any atom is -0.479 e. The highest BCUT2D eigenvalue weighted by molar-refractivity contribution is 5.99. The molecule has 1 saturated heterocycles. The number of ether oxygens (including phenoxy) is 1. The molecule has 1 aliphatic carbocycles. The second-order valence-electron chi connectivity index (χ2n) is 15.9. The normalized spacial score (nSPS) is 25.7. The summed E-state index contributed by atoms with van der Waals surface area (Å²) in [4.78, 5) is 90.9. The van der Waals surface area contributed by atoms with Crippen molar-refractivity contribution in [2.45, 2.75) is 102 Å². The van der Waals surface area contributed by atoms with Crippen molar-refractivity contribution < 1.29 is 38.6 Å². The van der Waals surface area contributed by atoms with Gasteiger partial charge in [0.2, 0.25) is 17.7 Å². The molecule has 0 unspecified atom stereocenters. The van der Waals surface area contributed by atoms with E-state index in [0.29, 0.717) is 38.2 Å². The lowest BCUT2D eigenvalue weighted by atomic mass is 10.0. The van der Waals surface area contributed by atoms with Crippen LogP contribution in [0.4, 0.5) is 10.6 Å². The number of carboxylic acids is 1. The number of carbonyl (C=O) groups excluding carboxylic acids is 5. The number of amides is 5. The number of aromatic nitrogens is 1. The van der Waals surface area contributed by atoms with Crippen LogP contribution in [0.1, 0.15) is 80.3 Å². The van der Waals surface area contributed by atoms with Crippen LogP contribution in [0.25, 0.3) is 0 Å². The predicted molar refractivity (Wildman–Crippen MR) is 206 cm³/mol. The number of nitrogens with zero attached hydrogens (tertiary/aromatic N) is 4. The third kappa shape index (κ3) is 8.97. The molecule has 15 heteroatoms. The third-order valence-electron chi connectivity index (χ3n) is 11.3. The molecule has 1 aromatic heterocycles. The van der Waals surface area contributed by atoms with Crippen LogP contribution in [-0.4, -0.2) is 113 Å². The highest BCUT2D eigenvalue weighted by Gasteiger charge is 2.61. The molecule has 300 valence electrons. The summed E-state index contributed by atoms with van der Waals surface area (Å²) in [7, 11) is 3.67. The molecule has 0 bridgehead atoms. The summed E-state index contributed by atoms with van der Waals surface area (Å²) < 4.78 is 5.95. The molecule has 4 aliphatic rings. The van der Waals surface area contributed by atoms with E-state index in [1.165, 1.54) is 11.1 Å². The van der Waals surface area contributed by atoms with Crippen molar-refractivity contribution in [3.63, 3.8) is 0 Å². The van der Waals surface area contributed by atoms with Crippen LogP contribution in [0.5, 0.6) is 0 Å². The molecule has 4 N–H and O–H groups in total. The number of carbonyl (C=O) groups is 6. The summed E-state index contributed by atoms with van der Waals surface area (Å²) in [6.45, 7) is 4.26. The first-order chi connectivity index (χ1) is 26.8. The molecule has 4 heterocycles. The Kier molecular flexibility index (Phi) is 12.3. The van der Waals surface area contributed by atoms with Gasteiger partial charge in [-0.2, -0.15) is 0 Å². The van der Waals surface area contributed by atoms with Gasteiger partial charge in [-0.1, -0.05) is 63.1 Å². The van der Waals surface area contributed by atoms with Crippen molar-refractivity contribution in [3.05, 3.63) is 71.4 Å². The summed E-state index contributed by atoms with van der Waals surface area (Å²) in [5.74, 6) is -3.53. The number of nitrogens with one attached hydrogen (secondary N) is 3. The number of allylic oxidation sites excluding steroid dienone is 1. The summed E-state index contributed by atoms with van der Waals surface area (Å²) >= 11 is 0. The largest absolute Gasteiger partial charge is 0.479 e. The van der Waals surface area contributed by atoms with E-state index in [1.807, 2.05) is 50.5 Å². The Labute approximate surface area is 327 Å². The van der Waals surface area contributed by atoms with E-state index >= 15 is 0 Å². The number of hydrogen-bond donors (Lipinski definition) is 4. The van der Waals surface area contributed by atoms with Crippen molar-refractivity contribution in [2.75, 3.05) is 32.1 Å². The van der Waals surface area contributed by atoms with Crippen LogP contribution in [0.3, 0.4) is 0 Å². The summed E-state index contributed by atoms with van der Waals surface area (Å²) in [5.41, 5.74) is 0.946.